The summed E-state index contributed by atoms with van der Waals surface area (Å²) < 4.78 is 5.62. The number of hydrogen-bond donors (Lipinski definition) is 1. The van der Waals surface area contributed by atoms with Gasteiger partial charge in [0.15, 0.2) is 0 Å². The molecule has 1 aromatic carbocycles. The summed E-state index contributed by atoms with van der Waals surface area (Å²) in [6.07, 6.45) is 0. The van der Waals surface area contributed by atoms with Gasteiger partial charge < -0.3 is 10.5 Å². The van der Waals surface area contributed by atoms with E-state index in [1.165, 1.54) is 5.56 Å². The molecule has 2 N–H and O–H groups in total. The molecule has 13 heavy (non-hydrogen) atoms. The lowest BCUT2D eigenvalue weighted by atomic mass is 9.98. The maximum atomic E-state index is 5.85. The highest BCUT2D eigenvalue weighted by Crippen LogP contribution is 2.38. The maximum Gasteiger partial charge on any atom is 0.127 e. The Morgan fingerprint density at radius 3 is 3.00 bits per heavy atom. The molecule has 0 bridgehead atoms. The largest absolute Gasteiger partial charge is 0.492 e. The van der Waals surface area contributed by atoms with Gasteiger partial charge in [0.2, 0.25) is 0 Å². The zero-order valence-electron chi connectivity index (χ0n) is 8.08. The molecule has 1 heterocycles. The van der Waals surface area contributed by atoms with Gasteiger partial charge in [0.1, 0.15) is 5.75 Å². The van der Waals surface area contributed by atoms with Crippen molar-refractivity contribution in [1.82, 2.24) is 0 Å². The van der Waals surface area contributed by atoms with Gasteiger partial charge in [-0.25, -0.2) is 0 Å². The molecule has 0 spiro atoms. The summed E-state index contributed by atoms with van der Waals surface area (Å²) >= 11 is 0. The van der Waals surface area contributed by atoms with E-state index >= 15 is 0 Å². The minimum Gasteiger partial charge on any atom is -0.492 e. The first kappa shape index (κ1) is 8.57. The fourth-order valence-corrected chi connectivity index (χ4v) is 1.78. The van der Waals surface area contributed by atoms with Crippen molar-refractivity contribution in [3.05, 3.63) is 29.3 Å². The highest BCUT2D eigenvalue weighted by Gasteiger charge is 2.23. The number of fused-ring (bicyclic) bond motifs is 1. The van der Waals surface area contributed by atoms with E-state index in [-0.39, 0.29) is 6.04 Å². The van der Waals surface area contributed by atoms with E-state index in [1.54, 1.807) is 0 Å². The smallest absolute Gasteiger partial charge is 0.127 e. The van der Waals surface area contributed by atoms with Crippen molar-refractivity contribution in [3.63, 3.8) is 0 Å². The monoisotopic (exact) mass is 177 g/mol. The van der Waals surface area contributed by atoms with Gasteiger partial charge in [0.05, 0.1) is 6.61 Å². The molecule has 2 atom stereocenters. The normalized spacial score (nSPS) is 22.2. The number of ether oxygens (including phenoxy) is 1. The highest BCUT2D eigenvalue weighted by molar-refractivity contribution is 5.47. The van der Waals surface area contributed by atoms with E-state index in [0.29, 0.717) is 5.92 Å². The molecule has 1 aliphatic rings. The molecule has 1 aliphatic heterocycles. The first-order valence-corrected chi connectivity index (χ1v) is 4.71. The fraction of sp³-hybridized carbons (Fsp3) is 0.455. The van der Waals surface area contributed by atoms with Gasteiger partial charge >= 0.3 is 0 Å². The summed E-state index contributed by atoms with van der Waals surface area (Å²) in [5.41, 5.74) is 8.28. The topological polar surface area (TPSA) is 35.2 Å². The predicted octanol–water partition coefficient (Wildman–Crippen LogP) is 2.20. The van der Waals surface area contributed by atoms with Gasteiger partial charge in [-0.2, -0.15) is 0 Å². The second-order valence-corrected chi connectivity index (χ2v) is 3.77. The molecule has 2 rings (SSSR count). The van der Waals surface area contributed by atoms with Crippen molar-refractivity contribution in [2.24, 2.45) is 5.73 Å². The average molecular weight is 177 g/mol. The van der Waals surface area contributed by atoms with Crippen molar-refractivity contribution in [1.29, 1.82) is 0 Å². The lowest BCUT2D eigenvalue weighted by Crippen LogP contribution is -2.06. The zero-order valence-corrected chi connectivity index (χ0v) is 8.08. The molecule has 0 aromatic heterocycles. The molecule has 0 saturated carbocycles. The number of hydrogen-bond acceptors (Lipinski definition) is 2. The standard InChI is InChI=1S/C11H15NO/c1-7-6-13-11-9(7)4-3-5-10(11)8(2)12/h3-5,7-8H,6,12H2,1-2H3. The van der Waals surface area contributed by atoms with Gasteiger partial charge in [0, 0.05) is 23.1 Å². The third-order valence-electron chi connectivity index (χ3n) is 2.58. The van der Waals surface area contributed by atoms with Crippen LogP contribution in [0.2, 0.25) is 0 Å². The summed E-state index contributed by atoms with van der Waals surface area (Å²) in [6, 6.07) is 6.28. The maximum absolute atomic E-state index is 5.85. The van der Waals surface area contributed by atoms with Crippen LogP contribution in [0.15, 0.2) is 18.2 Å². The minimum absolute atomic E-state index is 0.0558. The summed E-state index contributed by atoms with van der Waals surface area (Å²) in [5.74, 6) is 1.53. The molecule has 70 valence electrons. The Bertz CT molecular complexity index is 320. The molecule has 0 radical (unpaired) electrons. The molecule has 1 aromatic rings. The number of nitrogens with two attached hydrogens (primary N) is 1. The van der Waals surface area contributed by atoms with Crippen LogP contribution in [-0.2, 0) is 0 Å². The van der Waals surface area contributed by atoms with E-state index in [9.17, 15) is 0 Å². The molecule has 2 heteroatoms. The predicted molar refractivity (Wildman–Crippen MR) is 53.0 cm³/mol. The molecule has 2 nitrogen and oxygen atoms in total. The third kappa shape index (κ3) is 1.31. The number of rotatable bonds is 1. The second kappa shape index (κ2) is 3.04. The Morgan fingerprint density at radius 2 is 2.31 bits per heavy atom. The molecule has 0 amide bonds. The summed E-state index contributed by atoms with van der Waals surface area (Å²) in [5, 5.41) is 0. The van der Waals surface area contributed by atoms with Crippen LogP contribution >= 0.6 is 0 Å². The minimum atomic E-state index is 0.0558. The Kier molecular flexibility index (Phi) is 2.00. The van der Waals surface area contributed by atoms with Gasteiger partial charge in [-0.3, -0.25) is 0 Å². The van der Waals surface area contributed by atoms with Crippen LogP contribution in [0, 0.1) is 0 Å². The Hall–Kier alpha value is -1.02. The van der Waals surface area contributed by atoms with Gasteiger partial charge in [0.25, 0.3) is 0 Å². The van der Waals surface area contributed by atoms with Crippen LogP contribution < -0.4 is 10.5 Å². The Morgan fingerprint density at radius 1 is 1.54 bits per heavy atom. The summed E-state index contributed by atoms with van der Waals surface area (Å²) in [4.78, 5) is 0. The zero-order chi connectivity index (χ0) is 9.42. The molecular formula is C11H15NO. The van der Waals surface area contributed by atoms with E-state index in [1.807, 2.05) is 13.0 Å². The van der Waals surface area contributed by atoms with Crippen molar-refractivity contribution >= 4 is 0 Å². The fourth-order valence-electron chi connectivity index (χ4n) is 1.78. The van der Waals surface area contributed by atoms with Crippen molar-refractivity contribution < 1.29 is 4.74 Å². The van der Waals surface area contributed by atoms with Crippen LogP contribution in [0.3, 0.4) is 0 Å². The van der Waals surface area contributed by atoms with E-state index in [0.717, 1.165) is 17.9 Å². The van der Waals surface area contributed by atoms with Crippen LogP contribution in [0.4, 0.5) is 0 Å². The number of benzene rings is 1. The molecule has 2 unspecified atom stereocenters. The molecule has 0 aliphatic carbocycles. The van der Waals surface area contributed by atoms with Crippen molar-refractivity contribution in [2.45, 2.75) is 25.8 Å². The SMILES string of the molecule is CC(N)c1cccc2c1OCC2C. The van der Waals surface area contributed by atoms with Crippen molar-refractivity contribution in [3.8, 4) is 5.75 Å². The second-order valence-electron chi connectivity index (χ2n) is 3.77. The van der Waals surface area contributed by atoms with Crippen molar-refractivity contribution in [2.75, 3.05) is 6.61 Å². The van der Waals surface area contributed by atoms with Crippen LogP contribution in [0.1, 0.15) is 36.9 Å². The highest BCUT2D eigenvalue weighted by atomic mass is 16.5. The van der Waals surface area contributed by atoms with Gasteiger partial charge in [-0.05, 0) is 6.92 Å². The quantitative estimate of drug-likeness (QED) is 0.713. The Balaban J connectivity index is 2.51. The van der Waals surface area contributed by atoms with Crippen LogP contribution in [-0.4, -0.2) is 6.61 Å². The van der Waals surface area contributed by atoms with E-state index < -0.39 is 0 Å². The molecule has 0 fully saturated rings. The first-order chi connectivity index (χ1) is 6.20. The summed E-state index contributed by atoms with van der Waals surface area (Å²) in [7, 11) is 0. The number of para-hydroxylation sites is 1. The van der Waals surface area contributed by atoms with E-state index in [4.69, 9.17) is 10.5 Å². The first-order valence-electron chi connectivity index (χ1n) is 4.71. The Labute approximate surface area is 78.7 Å². The van der Waals surface area contributed by atoms with Gasteiger partial charge in [-0.1, -0.05) is 25.1 Å². The lowest BCUT2D eigenvalue weighted by molar-refractivity contribution is 0.333. The average Bonchev–Trinajstić information content (AvgIpc) is 2.48. The van der Waals surface area contributed by atoms with Crippen LogP contribution in [0.25, 0.3) is 0 Å². The van der Waals surface area contributed by atoms with E-state index in [2.05, 4.69) is 19.1 Å². The van der Waals surface area contributed by atoms with Gasteiger partial charge in [-0.15, -0.1) is 0 Å². The van der Waals surface area contributed by atoms with Crippen LogP contribution in [0.5, 0.6) is 5.75 Å². The molecule has 0 saturated heterocycles. The third-order valence-corrected chi connectivity index (χ3v) is 2.58. The lowest BCUT2D eigenvalue weighted by Gasteiger charge is -2.10. The molecular weight excluding hydrogens is 162 g/mol. The summed E-state index contributed by atoms with van der Waals surface area (Å²) in [6.45, 7) is 4.96.